The Balaban J connectivity index is 1.52. The monoisotopic (exact) mass is 800 g/mol. The van der Waals surface area contributed by atoms with Crippen LogP contribution in [0.4, 0.5) is 8.78 Å². The van der Waals surface area contributed by atoms with Crippen molar-refractivity contribution in [3.63, 3.8) is 0 Å². The van der Waals surface area contributed by atoms with Gasteiger partial charge >= 0.3 is 5.97 Å². The molecule has 1 aromatic rings. The fourth-order valence-electron chi connectivity index (χ4n) is 8.13. The second-order valence-corrected chi connectivity index (χ2v) is 15.7. The molecule has 5 rings (SSSR count). The van der Waals surface area contributed by atoms with E-state index in [1.165, 1.54) is 29.7 Å². The molecular formula is C40H54F2N6O9. The fraction of sp³-hybridized carbons (Fsp3) is 0.625. The van der Waals surface area contributed by atoms with Crippen LogP contribution in [0.3, 0.4) is 0 Å². The van der Waals surface area contributed by atoms with E-state index in [1.54, 1.807) is 6.08 Å². The number of piperidine rings is 1. The number of rotatable bonds is 9. The van der Waals surface area contributed by atoms with Crippen molar-refractivity contribution in [3.8, 4) is 0 Å². The van der Waals surface area contributed by atoms with Gasteiger partial charge in [-0.2, -0.15) is 0 Å². The van der Waals surface area contributed by atoms with Gasteiger partial charge in [-0.25, -0.2) is 13.6 Å². The molecule has 6 amide bonds. The number of amides is 6. The first-order chi connectivity index (χ1) is 27.1. The summed E-state index contributed by atoms with van der Waals surface area (Å²) < 4.78 is 34.3. The SMILES string of the molecule is CCCC/C=C/C(=O)N[C@@H](Cc1cc(F)cc(F)c1)C(=O)N[C@@H]1C(=O)N2C[C@H](O)C[C@H]2C(=O)N2CCCC[C@H]2C(=O)N[C@@H](C)C(=O)N2C[C@H](C)C[C@H]2C(=O)O[C@H]1C. The molecule has 1 aromatic carbocycles. The largest absolute Gasteiger partial charge is 0.458 e. The lowest BCUT2D eigenvalue weighted by Crippen LogP contribution is -2.63. The maximum atomic E-state index is 14.7. The molecule has 4 N–H and O–H groups in total. The summed E-state index contributed by atoms with van der Waals surface area (Å²) in [4.78, 5) is 101. The smallest absolute Gasteiger partial charge is 0.329 e. The van der Waals surface area contributed by atoms with E-state index < -0.39 is 108 Å². The van der Waals surface area contributed by atoms with Crippen LogP contribution in [-0.2, 0) is 44.7 Å². The number of nitrogens with one attached hydrogen (secondary N) is 3. The number of carbonyl (C=O) groups excluding carboxylic acids is 7. The number of hydrogen-bond acceptors (Lipinski definition) is 9. The van der Waals surface area contributed by atoms with Gasteiger partial charge in [0.15, 0.2) is 0 Å². The standard InChI is InChI=1S/C40H54F2N6O9/c1-5-6-7-8-12-33(50)44-29(17-25-15-26(41)18-27(42)16-25)35(51)45-34-24(4)57-40(56)32-14-22(2)20-47(32)37(53)23(3)43-36(52)30-11-9-10-13-46(30)38(54)31-19-28(49)21-48(31)39(34)55/h8,12,15-16,18,22-24,28-32,34,49H,5-7,9-11,13-14,17,19-21H2,1-4H3,(H,43,52)(H,44,50)(H,45,51)/b12-8+/t22-,23+,24+,28-,29+,30+,31+,32+,34+/m1/s1. The number of benzene rings is 1. The number of fused-ring (bicyclic) bond motifs is 3. The number of ether oxygens (including phenoxy) is 1. The van der Waals surface area contributed by atoms with Crippen molar-refractivity contribution in [1.82, 2.24) is 30.7 Å². The number of halogens is 2. The van der Waals surface area contributed by atoms with Crippen LogP contribution in [-0.4, -0.2) is 129 Å². The Morgan fingerprint density at radius 3 is 2.33 bits per heavy atom. The zero-order valence-corrected chi connectivity index (χ0v) is 32.9. The predicted molar refractivity (Wildman–Crippen MR) is 201 cm³/mol. The van der Waals surface area contributed by atoms with E-state index >= 15 is 0 Å². The number of unbranched alkanes of at least 4 members (excludes halogenated alkanes) is 2. The summed E-state index contributed by atoms with van der Waals surface area (Å²) in [6.45, 7) is 6.72. The lowest BCUT2D eigenvalue weighted by atomic mass is 9.98. The van der Waals surface area contributed by atoms with Crippen LogP contribution in [0.15, 0.2) is 30.4 Å². The van der Waals surface area contributed by atoms with Crippen LogP contribution in [0.25, 0.3) is 0 Å². The topological polar surface area (TPSA) is 195 Å². The van der Waals surface area contributed by atoms with Gasteiger partial charge in [0, 0.05) is 38.5 Å². The molecule has 0 aromatic heterocycles. The number of aliphatic hydroxyl groups is 1. The number of nitrogens with zero attached hydrogens (tertiary/aromatic N) is 3. The van der Waals surface area contributed by atoms with Crippen LogP contribution in [0.2, 0.25) is 0 Å². The number of esters is 1. The molecule has 312 valence electrons. The highest BCUT2D eigenvalue weighted by molar-refractivity contribution is 5.98. The Morgan fingerprint density at radius 2 is 1.63 bits per heavy atom. The predicted octanol–water partition coefficient (Wildman–Crippen LogP) is 1.25. The molecule has 0 spiro atoms. The minimum absolute atomic E-state index is 0.0227. The zero-order chi connectivity index (χ0) is 41.6. The molecule has 0 unspecified atom stereocenters. The second kappa shape index (κ2) is 19.0. The Morgan fingerprint density at radius 1 is 0.930 bits per heavy atom. The van der Waals surface area contributed by atoms with Crippen molar-refractivity contribution in [1.29, 1.82) is 0 Å². The summed E-state index contributed by atoms with van der Waals surface area (Å²) in [6, 6.07) is -4.92. The molecule has 4 aliphatic rings. The van der Waals surface area contributed by atoms with Gasteiger partial charge in [0.05, 0.1) is 6.10 Å². The molecule has 4 heterocycles. The van der Waals surface area contributed by atoms with Crippen molar-refractivity contribution in [2.75, 3.05) is 19.6 Å². The van der Waals surface area contributed by atoms with E-state index in [2.05, 4.69) is 16.0 Å². The Bertz CT molecular complexity index is 1720. The number of aliphatic hydroxyl groups excluding tert-OH is 1. The third-order valence-electron chi connectivity index (χ3n) is 11.1. The molecule has 4 aliphatic heterocycles. The first kappa shape index (κ1) is 43.2. The van der Waals surface area contributed by atoms with Gasteiger partial charge in [0.2, 0.25) is 35.4 Å². The summed E-state index contributed by atoms with van der Waals surface area (Å²) in [5.74, 6) is -7.09. The number of allylic oxidation sites excluding steroid dienone is 1. The maximum Gasteiger partial charge on any atom is 0.329 e. The normalized spacial score (nSPS) is 29.4. The van der Waals surface area contributed by atoms with Gasteiger partial charge in [-0.05, 0) is 75.6 Å². The number of carbonyl (C=O) groups is 7. The fourth-order valence-corrected chi connectivity index (χ4v) is 8.13. The first-order valence-electron chi connectivity index (χ1n) is 19.9. The minimum atomic E-state index is -1.71. The van der Waals surface area contributed by atoms with Gasteiger partial charge in [0.1, 0.15) is 54.0 Å². The lowest BCUT2D eigenvalue weighted by Gasteiger charge is -2.39. The first-order valence-corrected chi connectivity index (χ1v) is 19.9. The molecule has 0 saturated carbocycles. The highest BCUT2D eigenvalue weighted by atomic mass is 19.1. The molecular weight excluding hydrogens is 746 g/mol. The Labute approximate surface area is 330 Å². The third-order valence-corrected chi connectivity index (χ3v) is 11.1. The van der Waals surface area contributed by atoms with Crippen LogP contribution in [0, 0.1) is 17.6 Å². The summed E-state index contributed by atoms with van der Waals surface area (Å²) in [5.41, 5.74) is 0.0227. The highest BCUT2D eigenvalue weighted by Gasteiger charge is 2.49. The highest BCUT2D eigenvalue weighted by Crippen LogP contribution is 2.29. The number of hydrogen-bond donors (Lipinski definition) is 4. The summed E-state index contributed by atoms with van der Waals surface area (Å²) in [7, 11) is 0. The van der Waals surface area contributed by atoms with Crippen molar-refractivity contribution < 1.29 is 52.2 Å². The van der Waals surface area contributed by atoms with E-state index in [0.717, 1.165) is 29.9 Å². The van der Waals surface area contributed by atoms with Crippen molar-refractivity contribution in [2.45, 2.75) is 134 Å². The summed E-state index contributed by atoms with van der Waals surface area (Å²) in [5, 5.41) is 18.7. The van der Waals surface area contributed by atoms with Gasteiger partial charge < -0.3 is 40.5 Å². The minimum Gasteiger partial charge on any atom is -0.458 e. The van der Waals surface area contributed by atoms with Crippen LogP contribution >= 0.6 is 0 Å². The maximum absolute atomic E-state index is 14.7. The van der Waals surface area contributed by atoms with Gasteiger partial charge in [-0.15, -0.1) is 0 Å². The molecule has 4 fully saturated rings. The van der Waals surface area contributed by atoms with E-state index in [1.807, 2.05) is 13.8 Å². The Kier molecular flexibility index (Phi) is 14.4. The summed E-state index contributed by atoms with van der Waals surface area (Å²) >= 11 is 0. The second-order valence-electron chi connectivity index (χ2n) is 15.7. The number of cyclic esters (lactones) is 1. The average Bonchev–Trinajstić information content (AvgIpc) is 3.75. The van der Waals surface area contributed by atoms with E-state index in [-0.39, 0.29) is 44.0 Å². The summed E-state index contributed by atoms with van der Waals surface area (Å²) in [6.07, 6.45) is 3.66. The van der Waals surface area contributed by atoms with Gasteiger partial charge in [0.25, 0.3) is 0 Å². The van der Waals surface area contributed by atoms with Gasteiger partial charge in [-0.1, -0.05) is 32.8 Å². The molecule has 57 heavy (non-hydrogen) atoms. The molecule has 0 aliphatic carbocycles. The van der Waals surface area contributed by atoms with Crippen LogP contribution in [0.5, 0.6) is 0 Å². The molecule has 0 radical (unpaired) electrons. The van der Waals surface area contributed by atoms with E-state index in [9.17, 15) is 47.4 Å². The quantitative estimate of drug-likeness (QED) is 0.162. The molecule has 4 saturated heterocycles. The lowest BCUT2D eigenvalue weighted by molar-refractivity contribution is -0.163. The van der Waals surface area contributed by atoms with Crippen LogP contribution in [0.1, 0.15) is 84.6 Å². The average molecular weight is 801 g/mol. The van der Waals surface area contributed by atoms with Crippen molar-refractivity contribution in [2.24, 2.45) is 5.92 Å². The molecule has 9 atom stereocenters. The molecule has 17 heteroatoms. The Hall–Kier alpha value is -4.93. The van der Waals surface area contributed by atoms with E-state index in [4.69, 9.17) is 4.74 Å². The molecule has 0 bridgehead atoms. The molecule has 15 nitrogen and oxygen atoms in total. The third kappa shape index (κ3) is 10.5. The van der Waals surface area contributed by atoms with Gasteiger partial charge in [-0.3, -0.25) is 28.8 Å². The van der Waals surface area contributed by atoms with E-state index in [0.29, 0.717) is 31.7 Å². The van der Waals surface area contributed by atoms with Crippen molar-refractivity contribution in [3.05, 3.63) is 47.5 Å². The van der Waals surface area contributed by atoms with Crippen molar-refractivity contribution >= 4 is 41.4 Å². The zero-order valence-electron chi connectivity index (χ0n) is 32.9. The van der Waals surface area contributed by atoms with Crippen LogP contribution < -0.4 is 16.0 Å².